The second-order valence-electron chi connectivity index (χ2n) is 4.37. The number of halogens is 3. The van der Waals surface area contributed by atoms with Crippen molar-refractivity contribution < 1.29 is 22.7 Å². The number of methoxy groups -OCH3 is 1. The Morgan fingerprint density at radius 2 is 1.81 bits per heavy atom. The first-order chi connectivity index (χ1) is 9.75. The van der Waals surface area contributed by atoms with Gasteiger partial charge in [-0.25, -0.2) is 4.79 Å². The summed E-state index contributed by atoms with van der Waals surface area (Å²) in [5.74, 6) is -0.557. The number of benzene rings is 1. The van der Waals surface area contributed by atoms with Gasteiger partial charge in [-0.2, -0.15) is 13.2 Å². The summed E-state index contributed by atoms with van der Waals surface area (Å²) in [6.45, 7) is 1.71. The molecule has 0 saturated heterocycles. The molecule has 0 bridgehead atoms. The lowest BCUT2D eigenvalue weighted by Gasteiger charge is -2.07. The van der Waals surface area contributed by atoms with Crippen LogP contribution in [0.2, 0.25) is 0 Å². The van der Waals surface area contributed by atoms with Crippen molar-refractivity contribution in [2.75, 3.05) is 12.8 Å². The third-order valence-corrected chi connectivity index (χ3v) is 4.38. The quantitative estimate of drug-likeness (QED) is 0.849. The Morgan fingerprint density at radius 3 is 2.29 bits per heavy atom. The highest BCUT2D eigenvalue weighted by molar-refractivity contribution is 7.18. The van der Waals surface area contributed by atoms with Crippen molar-refractivity contribution in [1.82, 2.24) is 0 Å². The number of anilines is 1. The van der Waals surface area contributed by atoms with Gasteiger partial charge in [0.25, 0.3) is 0 Å². The Morgan fingerprint density at radius 1 is 1.24 bits per heavy atom. The molecule has 1 aromatic heterocycles. The largest absolute Gasteiger partial charge is 0.465 e. The summed E-state index contributed by atoms with van der Waals surface area (Å²) in [7, 11) is 1.24. The van der Waals surface area contributed by atoms with Gasteiger partial charge in [-0.05, 0) is 30.2 Å². The zero-order valence-electron chi connectivity index (χ0n) is 11.2. The summed E-state index contributed by atoms with van der Waals surface area (Å²) in [5.41, 5.74) is 6.65. The number of rotatable bonds is 2. The Hall–Kier alpha value is -2.02. The van der Waals surface area contributed by atoms with Crippen LogP contribution in [0.15, 0.2) is 24.3 Å². The molecule has 0 amide bonds. The maximum Gasteiger partial charge on any atom is 0.416 e. The van der Waals surface area contributed by atoms with Crippen molar-refractivity contribution in [2.24, 2.45) is 0 Å². The predicted molar refractivity (Wildman–Crippen MR) is 75.2 cm³/mol. The smallest absolute Gasteiger partial charge is 0.416 e. The Balaban J connectivity index is 2.46. The van der Waals surface area contributed by atoms with Gasteiger partial charge in [0.2, 0.25) is 0 Å². The molecule has 0 aliphatic heterocycles. The number of carbonyl (C=O) groups is 1. The molecule has 0 radical (unpaired) electrons. The van der Waals surface area contributed by atoms with E-state index in [0.717, 1.165) is 23.5 Å². The molecule has 112 valence electrons. The summed E-state index contributed by atoms with van der Waals surface area (Å²) in [5, 5.41) is 0. The van der Waals surface area contributed by atoms with Crippen LogP contribution in [0.25, 0.3) is 10.4 Å². The Bertz CT molecular complexity index is 675. The summed E-state index contributed by atoms with van der Waals surface area (Å²) in [6.07, 6.45) is -4.38. The maximum absolute atomic E-state index is 12.5. The zero-order chi connectivity index (χ0) is 15.8. The van der Waals surface area contributed by atoms with Gasteiger partial charge in [-0.3, -0.25) is 0 Å². The van der Waals surface area contributed by atoms with Gasteiger partial charge in [0, 0.05) is 4.88 Å². The van der Waals surface area contributed by atoms with Crippen molar-refractivity contribution in [3.8, 4) is 10.4 Å². The predicted octanol–water partition coefficient (Wildman–Crippen LogP) is 4.11. The van der Waals surface area contributed by atoms with E-state index in [-0.39, 0.29) is 4.88 Å². The second-order valence-corrected chi connectivity index (χ2v) is 5.39. The van der Waals surface area contributed by atoms with Crippen LogP contribution in [0.3, 0.4) is 0 Å². The van der Waals surface area contributed by atoms with E-state index in [1.807, 2.05) is 0 Å². The van der Waals surface area contributed by atoms with Crippen LogP contribution in [0.4, 0.5) is 18.9 Å². The summed E-state index contributed by atoms with van der Waals surface area (Å²) >= 11 is 1.10. The number of alkyl halides is 3. The van der Waals surface area contributed by atoms with Crippen LogP contribution in [0.5, 0.6) is 0 Å². The number of ether oxygens (including phenoxy) is 1. The van der Waals surface area contributed by atoms with E-state index >= 15 is 0 Å². The lowest BCUT2D eigenvalue weighted by molar-refractivity contribution is -0.137. The third kappa shape index (κ3) is 2.87. The maximum atomic E-state index is 12.5. The molecule has 0 fully saturated rings. The van der Waals surface area contributed by atoms with E-state index in [1.54, 1.807) is 6.92 Å². The Kier molecular flexibility index (Phi) is 3.95. The highest BCUT2D eigenvalue weighted by atomic mass is 32.1. The van der Waals surface area contributed by atoms with Crippen LogP contribution in [-0.4, -0.2) is 13.1 Å². The molecule has 2 rings (SSSR count). The molecule has 1 aromatic carbocycles. The average Bonchev–Trinajstić information content (AvgIpc) is 2.74. The van der Waals surface area contributed by atoms with Crippen molar-refractivity contribution in [3.05, 3.63) is 40.3 Å². The SMILES string of the molecule is COC(=O)c1sc(-c2ccc(C(F)(F)F)cc2)c(C)c1N. The molecular weight excluding hydrogens is 303 g/mol. The van der Waals surface area contributed by atoms with Crippen LogP contribution in [0, 0.1) is 6.92 Å². The van der Waals surface area contributed by atoms with Gasteiger partial charge in [0.05, 0.1) is 18.4 Å². The van der Waals surface area contributed by atoms with E-state index in [9.17, 15) is 18.0 Å². The average molecular weight is 315 g/mol. The van der Waals surface area contributed by atoms with Crippen LogP contribution in [0.1, 0.15) is 20.8 Å². The van der Waals surface area contributed by atoms with Crippen molar-refractivity contribution in [3.63, 3.8) is 0 Å². The number of hydrogen-bond acceptors (Lipinski definition) is 4. The van der Waals surface area contributed by atoms with Gasteiger partial charge < -0.3 is 10.5 Å². The number of thiophene rings is 1. The first-order valence-corrected chi connectivity index (χ1v) is 6.72. The molecule has 3 nitrogen and oxygen atoms in total. The highest BCUT2D eigenvalue weighted by Crippen LogP contribution is 2.39. The monoisotopic (exact) mass is 315 g/mol. The van der Waals surface area contributed by atoms with Crippen LogP contribution in [-0.2, 0) is 10.9 Å². The lowest BCUT2D eigenvalue weighted by Crippen LogP contribution is -2.03. The lowest BCUT2D eigenvalue weighted by atomic mass is 10.1. The first-order valence-electron chi connectivity index (χ1n) is 5.90. The van der Waals surface area contributed by atoms with Gasteiger partial charge in [-0.15, -0.1) is 11.3 Å². The topological polar surface area (TPSA) is 52.3 Å². The van der Waals surface area contributed by atoms with Crippen molar-refractivity contribution in [2.45, 2.75) is 13.1 Å². The molecule has 2 aromatic rings. The number of nitrogens with two attached hydrogens (primary N) is 1. The summed E-state index contributed by atoms with van der Waals surface area (Å²) < 4.78 is 42.3. The minimum Gasteiger partial charge on any atom is -0.465 e. The first kappa shape index (κ1) is 15.4. The molecule has 2 N–H and O–H groups in total. The number of nitrogen functional groups attached to an aromatic ring is 1. The van der Waals surface area contributed by atoms with E-state index in [1.165, 1.54) is 19.2 Å². The molecule has 0 unspecified atom stereocenters. The van der Waals surface area contributed by atoms with Crippen LogP contribution < -0.4 is 5.73 Å². The number of esters is 1. The molecule has 0 atom stereocenters. The van der Waals surface area contributed by atoms with Gasteiger partial charge in [0.15, 0.2) is 0 Å². The van der Waals surface area contributed by atoms with Gasteiger partial charge in [0.1, 0.15) is 4.88 Å². The molecule has 0 saturated carbocycles. The molecule has 21 heavy (non-hydrogen) atoms. The zero-order valence-corrected chi connectivity index (χ0v) is 12.1. The number of carbonyl (C=O) groups excluding carboxylic acids is 1. The van der Waals surface area contributed by atoms with Crippen molar-refractivity contribution in [1.29, 1.82) is 0 Å². The normalized spacial score (nSPS) is 11.5. The van der Waals surface area contributed by atoms with Crippen LogP contribution >= 0.6 is 11.3 Å². The van der Waals surface area contributed by atoms with E-state index < -0.39 is 17.7 Å². The third-order valence-electron chi connectivity index (χ3n) is 3.04. The number of hydrogen-bond donors (Lipinski definition) is 1. The van der Waals surface area contributed by atoms with E-state index in [4.69, 9.17) is 5.73 Å². The summed E-state index contributed by atoms with van der Waals surface area (Å²) in [6, 6.07) is 4.73. The standard InChI is InChI=1S/C14H12F3NO2S/c1-7-10(18)12(13(19)20-2)21-11(7)8-3-5-9(6-4-8)14(15,16)17/h3-6H,18H2,1-2H3. The molecular formula is C14H12F3NO2S. The van der Waals surface area contributed by atoms with Gasteiger partial charge in [-0.1, -0.05) is 12.1 Å². The minimum absolute atomic E-state index is 0.255. The Labute approximate surface area is 123 Å². The molecule has 0 aliphatic carbocycles. The fourth-order valence-electron chi connectivity index (χ4n) is 1.86. The fraction of sp³-hybridized carbons (Fsp3) is 0.214. The van der Waals surface area contributed by atoms with E-state index in [0.29, 0.717) is 21.7 Å². The molecule has 0 aliphatic rings. The summed E-state index contributed by atoms with van der Waals surface area (Å²) in [4.78, 5) is 12.5. The molecule has 0 spiro atoms. The van der Waals surface area contributed by atoms with E-state index in [2.05, 4.69) is 4.74 Å². The fourth-order valence-corrected chi connectivity index (χ4v) is 3.01. The molecule has 1 heterocycles. The van der Waals surface area contributed by atoms with Gasteiger partial charge >= 0.3 is 12.1 Å². The second kappa shape index (κ2) is 5.40. The minimum atomic E-state index is -4.38. The molecule has 7 heteroatoms. The van der Waals surface area contributed by atoms with Crippen molar-refractivity contribution >= 4 is 23.0 Å². The highest BCUT2D eigenvalue weighted by Gasteiger charge is 2.30.